The Hall–Kier alpha value is -1.96. The van der Waals surface area contributed by atoms with Crippen molar-refractivity contribution in [1.82, 2.24) is 4.57 Å². The number of para-hydroxylation sites is 1. The highest BCUT2D eigenvalue weighted by Crippen LogP contribution is 2.37. The van der Waals surface area contributed by atoms with Crippen molar-refractivity contribution in [2.24, 2.45) is 0 Å². The number of hydrogen-bond donors (Lipinski definition) is 0. The van der Waals surface area contributed by atoms with Crippen molar-refractivity contribution in [3.8, 4) is 0 Å². The third-order valence-electron chi connectivity index (χ3n) is 4.31. The van der Waals surface area contributed by atoms with Gasteiger partial charge in [-0.3, -0.25) is 0 Å². The molecule has 24 heavy (non-hydrogen) atoms. The smallest absolute Gasteiger partial charge is 0.370 e. The van der Waals surface area contributed by atoms with Gasteiger partial charge in [-0.25, -0.2) is 8.42 Å². The summed E-state index contributed by atoms with van der Waals surface area (Å²) >= 11 is 0. The van der Waals surface area contributed by atoms with Crippen LogP contribution in [0.5, 0.6) is 0 Å². The van der Waals surface area contributed by atoms with E-state index in [9.17, 15) is 21.6 Å². The average molecular weight is 358 g/mol. The van der Waals surface area contributed by atoms with Gasteiger partial charge in [-0.1, -0.05) is 12.1 Å². The van der Waals surface area contributed by atoms with E-state index in [0.717, 1.165) is 18.9 Å². The Labute approximate surface area is 138 Å². The molecule has 8 heteroatoms. The first-order chi connectivity index (χ1) is 11.3. The number of hydrogen-bond acceptors (Lipinski definition) is 3. The summed E-state index contributed by atoms with van der Waals surface area (Å²) < 4.78 is 64.4. The van der Waals surface area contributed by atoms with Gasteiger partial charge in [0.1, 0.15) is 0 Å². The molecule has 0 bridgehead atoms. The first kappa shape index (κ1) is 16.9. The average Bonchev–Trinajstić information content (AvgIpc) is 3.08. The molecule has 0 saturated carbocycles. The number of alkyl halides is 3. The van der Waals surface area contributed by atoms with Crippen LogP contribution >= 0.6 is 0 Å². The normalized spacial score (nSPS) is 17.2. The summed E-state index contributed by atoms with van der Waals surface area (Å²) in [5, 5.41) is 0. The predicted octanol–water partition coefficient (Wildman–Crippen LogP) is 3.62. The molecule has 1 saturated heterocycles. The van der Waals surface area contributed by atoms with Gasteiger partial charge >= 0.3 is 5.51 Å². The second-order valence-electron chi connectivity index (χ2n) is 5.77. The third kappa shape index (κ3) is 3.02. The molecule has 0 N–H and O–H groups in total. The fourth-order valence-electron chi connectivity index (χ4n) is 3.07. The number of benzene rings is 1. The molecule has 1 aromatic carbocycles. The second-order valence-corrected chi connectivity index (χ2v) is 7.67. The van der Waals surface area contributed by atoms with Crippen LogP contribution in [0.2, 0.25) is 0 Å². The number of halogens is 3. The lowest BCUT2D eigenvalue weighted by molar-refractivity contribution is -0.0435. The van der Waals surface area contributed by atoms with Gasteiger partial charge in [0, 0.05) is 31.5 Å². The molecule has 4 nitrogen and oxygen atoms in total. The fourth-order valence-corrected chi connectivity index (χ4v) is 4.05. The molecule has 0 aliphatic carbocycles. The molecule has 130 valence electrons. The zero-order valence-corrected chi connectivity index (χ0v) is 13.6. The van der Waals surface area contributed by atoms with E-state index in [1.807, 2.05) is 24.5 Å². The molecule has 1 aliphatic rings. The van der Waals surface area contributed by atoms with Crippen molar-refractivity contribution in [2.45, 2.75) is 29.3 Å². The Balaban J connectivity index is 1.85. The molecule has 0 radical (unpaired) electrons. The van der Waals surface area contributed by atoms with E-state index in [-0.39, 0.29) is 11.7 Å². The van der Waals surface area contributed by atoms with E-state index in [2.05, 4.69) is 4.57 Å². The van der Waals surface area contributed by atoms with Gasteiger partial charge in [-0.2, -0.15) is 13.2 Å². The summed E-state index contributed by atoms with van der Waals surface area (Å²) in [6.07, 6.45) is 5.41. The van der Waals surface area contributed by atoms with Gasteiger partial charge < -0.3 is 9.47 Å². The van der Waals surface area contributed by atoms with Gasteiger partial charge in [0.25, 0.3) is 9.84 Å². The lowest BCUT2D eigenvalue weighted by Crippen LogP contribution is -2.36. The molecular formula is C16H17F3N2O2S. The van der Waals surface area contributed by atoms with Gasteiger partial charge in [-0.05, 0) is 37.1 Å². The SMILES string of the molecule is O=S(=O)(c1ccccc1N1CCC(n2cccc2)CC1)C(F)(F)F. The van der Waals surface area contributed by atoms with E-state index in [0.29, 0.717) is 13.1 Å². The number of piperidine rings is 1. The summed E-state index contributed by atoms with van der Waals surface area (Å²) in [5.41, 5.74) is -5.17. The molecule has 1 fully saturated rings. The molecule has 3 rings (SSSR count). The van der Waals surface area contributed by atoms with Crippen LogP contribution in [0.3, 0.4) is 0 Å². The van der Waals surface area contributed by atoms with E-state index < -0.39 is 20.2 Å². The zero-order valence-electron chi connectivity index (χ0n) is 12.8. The maximum atomic E-state index is 12.9. The Morgan fingerprint density at radius 1 is 0.958 bits per heavy atom. The van der Waals surface area contributed by atoms with Crippen LogP contribution in [0.1, 0.15) is 18.9 Å². The Kier molecular flexibility index (Phi) is 4.33. The van der Waals surface area contributed by atoms with E-state index in [1.54, 1.807) is 11.0 Å². The van der Waals surface area contributed by atoms with Crippen LogP contribution in [0.25, 0.3) is 0 Å². The fraction of sp³-hybridized carbons (Fsp3) is 0.375. The van der Waals surface area contributed by atoms with E-state index in [1.165, 1.54) is 12.1 Å². The van der Waals surface area contributed by atoms with Crippen molar-refractivity contribution < 1.29 is 21.6 Å². The van der Waals surface area contributed by atoms with E-state index in [4.69, 9.17) is 0 Å². The molecule has 1 aromatic heterocycles. The van der Waals surface area contributed by atoms with Gasteiger partial charge in [0.15, 0.2) is 0 Å². The van der Waals surface area contributed by atoms with Crippen LogP contribution < -0.4 is 4.90 Å². The maximum absolute atomic E-state index is 12.9. The van der Waals surface area contributed by atoms with Gasteiger partial charge in [0.05, 0.1) is 10.6 Å². The first-order valence-corrected chi connectivity index (χ1v) is 9.07. The Morgan fingerprint density at radius 2 is 1.54 bits per heavy atom. The van der Waals surface area contributed by atoms with Crippen LogP contribution in [0.4, 0.5) is 18.9 Å². The minimum absolute atomic E-state index is 0.126. The largest absolute Gasteiger partial charge is 0.501 e. The van der Waals surface area contributed by atoms with E-state index >= 15 is 0 Å². The number of sulfone groups is 1. The van der Waals surface area contributed by atoms with Crippen molar-refractivity contribution in [3.05, 3.63) is 48.8 Å². The Morgan fingerprint density at radius 3 is 2.12 bits per heavy atom. The molecule has 2 aromatic rings. The molecule has 0 atom stereocenters. The minimum atomic E-state index is -5.36. The van der Waals surface area contributed by atoms with Crippen molar-refractivity contribution in [3.63, 3.8) is 0 Å². The maximum Gasteiger partial charge on any atom is 0.501 e. The van der Waals surface area contributed by atoms with Gasteiger partial charge in [0.2, 0.25) is 0 Å². The highest BCUT2D eigenvalue weighted by atomic mass is 32.2. The standard InChI is InChI=1S/C16H17F3N2O2S/c17-16(18,19)24(22,23)15-6-2-1-5-14(15)21-11-7-13(8-12-21)20-9-3-4-10-20/h1-6,9-10,13H,7-8,11-12H2. The molecule has 0 amide bonds. The highest BCUT2D eigenvalue weighted by Gasteiger charge is 2.48. The third-order valence-corrected chi connectivity index (χ3v) is 5.85. The number of rotatable bonds is 3. The molecule has 0 spiro atoms. The first-order valence-electron chi connectivity index (χ1n) is 7.58. The second kappa shape index (κ2) is 6.16. The van der Waals surface area contributed by atoms with Crippen LogP contribution in [-0.4, -0.2) is 31.6 Å². The lowest BCUT2D eigenvalue weighted by Gasteiger charge is -2.35. The predicted molar refractivity (Wildman–Crippen MR) is 84.6 cm³/mol. The number of aromatic nitrogens is 1. The number of anilines is 1. The zero-order chi connectivity index (χ0) is 17.4. The molecule has 0 unspecified atom stereocenters. The number of nitrogens with zero attached hydrogens (tertiary/aromatic N) is 2. The quantitative estimate of drug-likeness (QED) is 0.842. The Bertz CT molecular complexity index is 793. The summed E-state index contributed by atoms with van der Waals surface area (Å²) in [5.74, 6) is 0. The van der Waals surface area contributed by atoms with Gasteiger partial charge in [-0.15, -0.1) is 0 Å². The van der Waals surface area contributed by atoms with Crippen LogP contribution in [0, 0.1) is 0 Å². The molecule has 2 heterocycles. The summed E-state index contributed by atoms with van der Waals surface area (Å²) in [6, 6.07) is 9.47. The lowest BCUT2D eigenvalue weighted by atomic mass is 10.0. The minimum Gasteiger partial charge on any atom is -0.370 e. The topological polar surface area (TPSA) is 42.3 Å². The molecule has 1 aliphatic heterocycles. The highest BCUT2D eigenvalue weighted by molar-refractivity contribution is 7.92. The van der Waals surface area contributed by atoms with Crippen molar-refractivity contribution in [1.29, 1.82) is 0 Å². The van der Waals surface area contributed by atoms with Crippen LogP contribution in [0.15, 0.2) is 53.7 Å². The molecular weight excluding hydrogens is 341 g/mol. The summed E-state index contributed by atoms with van der Waals surface area (Å²) in [4.78, 5) is 1.05. The monoisotopic (exact) mass is 358 g/mol. The summed E-state index contributed by atoms with van der Waals surface area (Å²) in [7, 11) is -5.36. The summed E-state index contributed by atoms with van der Waals surface area (Å²) in [6.45, 7) is 1.01. The van der Waals surface area contributed by atoms with Crippen LogP contribution in [-0.2, 0) is 9.84 Å². The van der Waals surface area contributed by atoms with Crippen molar-refractivity contribution in [2.75, 3.05) is 18.0 Å². The van der Waals surface area contributed by atoms with Crippen molar-refractivity contribution >= 4 is 15.5 Å².